The number of methoxy groups -OCH3 is 1. The molecule has 0 aliphatic carbocycles. The van der Waals surface area contributed by atoms with E-state index in [9.17, 15) is 4.79 Å². The van der Waals surface area contributed by atoms with E-state index in [2.05, 4.69) is 19.1 Å². The fourth-order valence-electron chi connectivity index (χ4n) is 1.83. The predicted octanol–water partition coefficient (Wildman–Crippen LogP) is 3.70. The molecule has 0 spiro atoms. The van der Waals surface area contributed by atoms with Gasteiger partial charge in [-0.25, -0.2) is 0 Å². The normalized spacial score (nSPS) is 11.6. The molecular formula is C16H24O2. The van der Waals surface area contributed by atoms with Crippen LogP contribution in [0.4, 0.5) is 0 Å². The highest BCUT2D eigenvalue weighted by Crippen LogP contribution is 2.17. The monoisotopic (exact) mass is 248 g/mol. The fraction of sp³-hybridized carbons (Fsp3) is 0.562. The molecule has 0 aliphatic heterocycles. The molecule has 2 heteroatoms. The van der Waals surface area contributed by atoms with Gasteiger partial charge in [0.2, 0.25) is 0 Å². The van der Waals surface area contributed by atoms with E-state index in [0.717, 1.165) is 12.8 Å². The average Bonchev–Trinajstić information content (AvgIpc) is 2.35. The zero-order valence-corrected chi connectivity index (χ0v) is 12.0. The predicted molar refractivity (Wildman–Crippen MR) is 74.8 cm³/mol. The van der Waals surface area contributed by atoms with Crippen molar-refractivity contribution in [2.24, 2.45) is 0 Å². The minimum absolute atomic E-state index is 0.196. The molecule has 0 aliphatic rings. The van der Waals surface area contributed by atoms with Crippen molar-refractivity contribution in [3.63, 3.8) is 0 Å². The Balaban J connectivity index is 2.36. The molecule has 0 amide bonds. The third kappa shape index (κ3) is 5.01. The molecule has 0 radical (unpaired) electrons. The summed E-state index contributed by atoms with van der Waals surface area (Å²) < 4.78 is 5.32. The molecule has 0 heterocycles. The molecular weight excluding hydrogens is 224 g/mol. The maximum Gasteiger partial charge on any atom is 0.133 e. The lowest BCUT2D eigenvalue weighted by Crippen LogP contribution is -2.23. The van der Waals surface area contributed by atoms with Gasteiger partial charge in [0.1, 0.15) is 5.78 Å². The van der Waals surface area contributed by atoms with Crippen molar-refractivity contribution in [3.05, 3.63) is 35.4 Å². The van der Waals surface area contributed by atoms with E-state index >= 15 is 0 Å². The van der Waals surface area contributed by atoms with Gasteiger partial charge in [-0.05, 0) is 44.7 Å². The molecule has 0 fully saturated rings. The maximum absolute atomic E-state index is 11.8. The molecule has 1 aromatic carbocycles. The maximum atomic E-state index is 11.8. The fourth-order valence-corrected chi connectivity index (χ4v) is 1.83. The zero-order chi connectivity index (χ0) is 13.6. The minimum atomic E-state index is -0.196. The summed E-state index contributed by atoms with van der Waals surface area (Å²) in [6, 6.07) is 8.25. The second-order valence-corrected chi connectivity index (χ2v) is 5.43. The van der Waals surface area contributed by atoms with Crippen molar-refractivity contribution in [3.8, 4) is 0 Å². The molecule has 0 atom stereocenters. The Bertz CT molecular complexity index is 394. The Hall–Kier alpha value is -1.15. The first kappa shape index (κ1) is 14.9. The van der Waals surface area contributed by atoms with Crippen molar-refractivity contribution in [2.45, 2.75) is 52.1 Å². The van der Waals surface area contributed by atoms with Crippen LogP contribution >= 0.6 is 0 Å². The van der Waals surface area contributed by atoms with Crippen molar-refractivity contribution in [1.82, 2.24) is 0 Å². The number of aryl methyl sites for hydroxylation is 2. The number of hydrogen-bond acceptors (Lipinski definition) is 2. The lowest BCUT2D eigenvalue weighted by atomic mass is 9.97. The Morgan fingerprint density at radius 3 is 2.50 bits per heavy atom. The van der Waals surface area contributed by atoms with Gasteiger partial charge in [-0.1, -0.05) is 24.3 Å². The molecule has 1 aromatic rings. The molecule has 100 valence electrons. The van der Waals surface area contributed by atoms with Crippen LogP contribution in [0.3, 0.4) is 0 Å². The third-order valence-electron chi connectivity index (χ3n) is 3.49. The Labute approximate surface area is 110 Å². The Morgan fingerprint density at radius 1 is 1.22 bits per heavy atom. The van der Waals surface area contributed by atoms with E-state index in [4.69, 9.17) is 4.74 Å². The molecule has 0 saturated carbocycles. The lowest BCUT2D eigenvalue weighted by molar-refractivity contribution is -0.120. The largest absolute Gasteiger partial charge is 0.379 e. The number of hydrogen-bond donors (Lipinski definition) is 0. The topological polar surface area (TPSA) is 26.3 Å². The standard InChI is InChI=1S/C16H24O2/c1-13-7-5-6-8-14(13)9-10-15(17)11-12-16(2,3)18-4/h5-8H,9-12H2,1-4H3. The number of carbonyl (C=O) groups excluding carboxylic acids is 1. The van der Waals surface area contributed by atoms with Crippen molar-refractivity contribution in [2.75, 3.05) is 7.11 Å². The van der Waals surface area contributed by atoms with Gasteiger partial charge in [0.05, 0.1) is 5.60 Å². The van der Waals surface area contributed by atoms with Crippen LogP contribution in [0.1, 0.15) is 44.2 Å². The van der Waals surface area contributed by atoms with Crippen LogP contribution in [0.15, 0.2) is 24.3 Å². The van der Waals surface area contributed by atoms with Crippen LogP contribution < -0.4 is 0 Å². The highest BCUT2D eigenvalue weighted by atomic mass is 16.5. The first-order valence-electron chi connectivity index (χ1n) is 6.56. The Kier molecular flexibility index (Phi) is 5.54. The molecule has 0 unspecified atom stereocenters. The molecule has 0 N–H and O–H groups in total. The zero-order valence-electron chi connectivity index (χ0n) is 12.0. The number of carbonyl (C=O) groups is 1. The van der Waals surface area contributed by atoms with Crippen LogP contribution in [-0.2, 0) is 16.0 Å². The number of rotatable bonds is 7. The van der Waals surface area contributed by atoms with E-state index in [1.165, 1.54) is 11.1 Å². The number of Topliss-reactive ketones (excluding diaryl/α,β-unsaturated/α-hetero) is 1. The second kappa shape index (κ2) is 6.69. The summed E-state index contributed by atoms with van der Waals surface area (Å²) in [6.45, 7) is 6.12. The van der Waals surface area contributed by atoms with Gasteiger partial charge >= 0.3 is 0 Å². The molecule has 0 bridgehead atoms. The summed E-state index contributed by atoms with van der Waals surface area (Å²) in [5.74, 6) is 0.323. The summed E-state index contributed by atoms with van der Waals surface area (Å²) in [5, 5.41) is 0. The van der Waals surface area contributed by atoms with Crippen LogP contribution in [0.2, 0.25) is 0 Å². The summed E-state index contributed by atoms with van der Waals surface area (Å²) in [4.78, 5) is 11.8. The van der Waals surface area contributed by atoms with Crippen LogP contribution in [-0.4, -0.2) is 18.5 Å². The SMILES string of the molecule is COC(C)(C)CCC(=O)CCc1ccccc1C. The van der Waals surface area contributed by atoms with Crippen molar-refractivity contribution in [1.29, 1.82) is 0 Å². The van der Waals surface area contributed by atoms with Crippen LogP contribution in [0.5, 0.6) is 0 Å². The van der Waals surface area contributed by atoms with Gasteiger partial charge in [-0.15, -0.1) is 0 Å². The number of benzene rings is 1. The first-order valence-corrected chi connectivity index (χ1v) is 6.56. The van der Waals surface area contributed by atoms with E-state index < -0.39 is 0 Å². The Morgan fingerprint density at radius 2 is 1.89 bits per heavy atom. The minimum Gasteiger partial charge on any atom is -0.379 e. The van der Waals surface area contributed by atoms with Crippen LogP contribution in [0, 0.1) is 6.92 Å². The highest BCUT2D eigenvalue weighted by Gasteiger charge is 2.17. The second-order valence-electron chi connectivity index (χ2n) is 5.43. The summed E-state index contributed by atoms with van der Waals surface area (Å²) in [7, 11) is 1.69. The molecule has 0 aromatic heterocycles. The van der Waals surface area contributed by atoms with Crippen molar-refractivity contribution >= 4 is 5.78 Å². The van der Waals surface area contributed by atoms with Gasteiger partial charge in [-0.2, -0.15) is 0 Å². The molecule has 2 nitrogen and oxygen atoms in total. The summed E-state index contributed by atoms with van der Waals surface area (Å²) in [5.41, 5.74) is 2.34. The summed E-state index contributed by atoms with van der Waals surface area (Å²) >= 11 is 0. The van der Waals surface area contributed by atoms with E-state index in [1.54, 1.807) is 7.11 Å². The van der Waals surface area contributed by atoms with E-state index in [1.807, 2.05) is 26.0 Å². The van der Waals surface area contributed by atoms with Gasteiger partial charge in [0.25, 0.3) is 0 Å². The van der Waals surface area contributed by atoms with Crippen LogP contribution in [0.25, 0.3) is 0 Å². The lowest BCUT2D eigenvalue weighted by Gasteiger charge is -2.22. The molecule has 0 saturated heterocycles. The number of ketones is 1. The quantitative estimate of drug-likeness (QED) is 0.735. The number of ether oxygens (including phenoxy) is 1. The van der Waals surface area contributed by atoms with Gasteiger partial charge < -0.3 is 4.74 Å². The average molecular weight is 248 g/mol. The molecule has 1 rings (SSSR count). The third-order valence-corrected chi connectivity index (χ3v) is 3.49. The molecule has 18 heavy (non-hydrogen) atoms. The van der Waals surface area contributed by atoms with Gasteiger partial charge in [0.15, 0.2) is 0 Å². The van der Waals surface area contributed by atoms with Gasteiger partial charge in [-0.3, -0.25) is 4.79 Å². The summed E-state index contributed by atoms with van der Waals surface area (Å²) in [6.07, 6.45) is 2.87. The van der Waals surface area contributed by atoms with Crippen molar-refractivity contribution < 1.29 is 9.53 Å². The highest BCUT2D eigenvalue weighted by molar-refractivity contribution is 5.78. The first-order chi connectivity index (χ1) is 8.44. The van der Waals surface area contributed by atoms with Gasteiger partial charge in [0, 0.05) is 20.0 Å². The van der Waals surface area contributed by atoms with E-state index in [0.29, 0.717) is 18.6 Å². The van der Waals surface area contributed by atoms with E-state index in [-0.39, 0.29) is 5.60 Å². The smallest absolute Gasteiger partial charge is 0.133 e.